The quantitative estimate of drug-likeness (QED) is 0.00963. The molecule has 1 saturated carbocycles. The lowest BCUT2D eigenvalue weighted by molar-refractivity contribution is -0.216. The van der Waals surface area contributed by atoms with Crippen molar-refractivity contribution in [1.29, 1.82) is 0 Å². The van der Waals surface area contributed by atoms with Crippen LogP contribution in [0.2, 0.25) is 0 Å². The van der Waals surface area contributed by atoms with Gasteiger partial charge in [0.1, 0.15) is 43.2 Å². The molecule has 1 fully saturated rings. The molecule has 6 unspecified atom stereocenters. The highest BCUT2D eigenvalue weighted by molar-refractivity contribution is 7.47. The molecule has 0 heterocycles. The zero-order valence-electron chi connectivity index (χ0n) is 38.3. The van der Waals surface area contributed by atoms with Gasteiger partial charge in [-0.05, 0) is 38.5 Å². The highest BCUT2D eigenvalue weighted by atomic mass is 31.2. The minimum Gasteiger partial charge on any atom is -0.462 e. The Labute approximate surface area is 381 Å². The van der Waals surface area contributed by atoms with Crippen molar-refractivity contribution < 1.29 is 82.0 Å². The number of rotatable bonds is 39. The first kappa shape index (κ1) is 60.2. The maximum absolute atomic E-state index is 13.0. The molecule has 19 heteroatoms. The molecule has 17 nitrogen and oxygen atoms in total. The number of unbranched alkanes of at least 4 members (excludes halogenated alkanes) is 18. The van der Waals surface area contributed by atoms with Crippen molar-refractivity contribution in [1.82, 2.24) is 0 Å². The van der Waals surface area contributed by atoms with Crippen LogP contribution in [0.25, 0.3) is 0 Å². The highest BCUT2D eigenvalue weighted by Gasteiger charge is 2.54. The minimum absolute atomic E-state index is 0.00761. The molecular weight excluding hydrogens is 874 g/mol. The van der Waals surface area contributed by atoms with E-state index in [0.717, 1.165) is 38.5 Å². The van der Waals surface area contributed by atoms with E-state index in [4.69, 9.17) is 28.3 Å². The van der Waals surface area contributed by atoms with Crippen molar-refractivity contribution >= 4 is 27.6 Å². The Morgan fingerprint density at radius 1 is 0.578 bits per heavy atom. The summed E-state index contributed by atoms with van der Waals surface area (Å²) in [6.07, 6.45) is 19.9. The van der Waals surface area contributed by atoms with Gasteiger partial charge in [-0.25, -0.2) is 9.13 Å². The van der Waals surface area contributed by atoms with E-state index in [0.29, 0.717) is 6.42 Å². The first-order chi connectivity index (χ1) is 30.5. The number of esters is 2. The van der Waals surface area contributed by atoms with Crippen molar-refractivity contribution in [3.05, 3.63) is 36.5 Å². The van der Waals surface area contributed by atoms with E-state index >= 15 is 0 Å². The van der Waals surface area contributed by atoms with Crippen LogP contribution in [0.1, 0.15) is 174 Å². The fourth-order valence-electron chi connectivity index (χ4n) is 7.09. The first-order valence-corrected chi connectivity index (χ1v) is 26.7. The SMILES string of the molecule is CCCCCCCC/C=C/C/C=C/C=C/C(O)CCCC(=O)OC[C@H](COP(=O)(O)O[C@H]1C(O)C(O)C(O)[C@@H](OP(=O)(O)O)C1O)OC(=O)CCCCCCCCCCCCCCC. The van der Waals surface area contributed by atoms with Crippen LogP contribution in [0.15, 0.2) is 36.5 Å². The summed E-state index contributed by atoms with van der Waals surface area (Å²) < 4.78 is 49.2. The van der Waals surface area contributed by atoms with Crippen LogP contribution in [-0.2, 0) is 41.8 Å². The van der Waals surface area contributed by atoms with E-state index in [1.54, 1.807) is 12.2 Å². The normalized spacial score (nSPS) is 22.6. The number of phosphoric acid groups is 2. The molecule has 1 aliphatic rings. The van der Waals surface area contributed by atoms with Gasteiger partial charge in [0.2, 0.25) is 0 Å². The number of carbonyl (C=O) groups is 2. The van der Waals surface area contributed by atoms with Crippen LogP contribution in [0, 0.1) is 0 Å². The van der Waals surface area contributed by atoms with Crippen molar-refractivity contribution in [3.8, 4) is 0 Å². The number of allylic oxidation sites excluding steroid dienone is 5. The van der Waals surface area contributed by atoms with Crippen LogP contribution in [0.4, 0.5) is 0 Å². The van der Waals surface area contributed by atoms with Gasteiger partial charge in [-0.3, -0.25) is 23.2 Å². The van der Waals surface area contributed by atoms with Crippen LogP contribution >= 0.6 is 15.6 Å². The van der Waals surface area contributed by atoms with Crippen LogP contribution in [-0.4, -0.2) is 114 Å². The number of carbonyl (C=O) groups excluding carboxylic acids is 2. The largest absolute Gasteiger partial charge is 0.472 e. The number of phosphoric ester groups is 2. The molecule has 0 aliphatic heterocycles. The van der Waals surface area contributed by atoms with Gasteiger partial charge in [0.15, 0.2) is 6.10 Å². The second kappa shape index (κ2) is 36.3. The van der Waals surface area contributed by atoms with Gasteiger partial charge < -0.3 is 49.7 Å². The number of hydrogen-bond donors (Lipinski definition) is 8. The van der Waals surface area contributed by atoms with Gasteiger partial charge in [-0.1, -0.05) is 159 Å². The summed E-state index contributed by atoms with van der Waals surface area (Å²) in [5.74, 6) is -1.40. The summed E-state index contributed by atoms with van der Waals surface area (Å²) in [5, 5.41) is 51.5. The number of ether oxygens (including phenoxy) is 2. The summed E-state index contributed by atoms with van der Waals surface area (Å²) in [7, 11) is -10.7. The Kier molecular flexibility index (Phi) is 34.1. The van der Waals surface area contributed by atoms with E-state index < -0.39 is 89.6 Å². The van der Waals surface area contributed by atoms with Crippen LogP contribution in [0.3, 0.4) is 0 Å². The van der Waals surface area contributed by atoms with Crippen molar-refractivity contribution in [3.63, 3.8) is 0 Å². The van der Waals surface area contributed by atoms with Gasteiger partial charge in [-0.2, -0.15) is 0 Å². The second-order valence-corrected chi connectivity index (χ2v) is 19.3. The maximum atomic E-state index is 13.0. The van der Waals surface area contributed by atoms with E-state index in [1.165, 1.54) is 89.9 Å². The van der Waals surface area contributed by atoms with Gasteiger partial charge >= 0.3 is 27.6 Å². The molecule has 9 atom stereocenters. The molecule has 0 radical (unpaired) electrons. The van der Waals surface area contributed by atoms with Crippen LogP contribution in [0.5, 0.6) is 0 Å². The minimum atomic E-state index is -5.38. The summed E-state index contributed by atoms with van der Waals surface area (Å²) in [5.41, 5.74) is 0. The van der Waals surface area contributed by atoms with E-state index in [1.807, 2.05) is 12.2 Å². The molecule has 374 valence electrons. The van der Waals surface area contributed by atoms with E-state index in [9.17, 15) is 49.1 Å². The second-order valence-electron chi connectivity index (χ2n) is 16.7. The molecule has 0 saturated heterocycles. The zero-order valence-corrected chi connectivity index (χ0v) is 40.1. The molecule has 0 aromatic heterocycles. The third-order valence-corrected chi connectivity index (χ3v) is 12.3. The predicted octanol–water partition coefficient (Wildman–Crippen LogP) is 7.70. The Morgan fingerprint density at radius 3 is 1.66 bits per heavy atom. The lowest BCUT2D eigenvalue weighted by atomic mass is 9.85. The smallest absolute Gasteiger partial charge is 0.462 e. The Balaban J connectivity index is 2.67. The van der Waals surface area contributed by atoms with E-state index in [-0.39, 0.29) is 25.7 Å². The van der Waals surface area contributed by atoms with Gasteiger partial charge in [-0.15, -0.1) is 0 Å². The molecule has 8 N–H and O–H groups in total. The summed E-state index contributed by atoms with van der Waals surface area (Å²) >= 11 is 0. The molecule has 0 spiro atoms. The van der Waals surface area contributed by atoms with Gasteiger partial charge in [0.05, 0.1) is 12.7 Å². The molecule has 0 bridgehead atoms. The summed E-state index contributed by atoms with van der Waals surface area (Å²) in [6.45, 7) is 2.93. The third-order valence-electron chi connectivity index (χ3n) is 10.8. The molecule has 1 rings (SSSR count). The van der Waals surface area contributed by atoms with Gasteiger partial charge in [0.25, 0.3) is 0 Å². The lowest BCUT2D eigenvalue weighted by Gasteiger charge is -2.43. The summed E-state index contributed by atoms with van der Waals surface area (Å²) in [6, 6.07) is 0. The lowest BCUT2D eigenvalue weighted by Crippen LogP contribution is -2.64. The molecule has 64 heavy (non-hydrogen) atoms. The van der Waals surface area contributed by atoms with E-state index in [2.05, 4.69) is 30.5 Å². The zero-order chi connectivity index (χ0) is 47.6. The summed E-state index contributed by atoms with van der Waals surface area (Å²) in [4.78, 5) is 54.2. The monoisotopic (exact) mass is 957 g/mol. The average molecular weight is 957 g/mol. The topological polar surface area (TPSA) is 276 Å². The Hall–Kier alpha value is -1.82. The third kappa shape index (κ3) is 30.5. The fourth-order valence-corrected chi connectivity index (χ4v) is 8.63. The highest BCUT2D eigenvalue weighted by Crippen LogP contribution is 2.49. The number of aliphatic hydroxyl groups excluding tert-OH is 5. The Bertz CT molecular complexity index is 1400. The fraction of sp³-hybridized carbons (Fsp3) is 0.822. The van der Waals surface area contributed by atoms with Crippen molar-refractivity contribution in [2.24, 2.45) is 0 Å². The average Bonchev–Trinajstić information content (AvgIpc) is 3.24. The molecule has 0 aromatic rings. The number of hydrogen-bond acceptors (Lipinski definition) is 14. The molecule has 0 aromatic carbocycles. The van der Waals surface area contributed by atoms with Gasteiger partial charge in [0, 0.05) is 12.8 Å². The Morgan fingerprint density at radius 2 is 1.09 bits per heavy atom. The molecular formula is C45H82O17P2. The predicted molar refractivity (Wildman–Crippen MR) is 243 cm³/mol. The molecule has 1 aliphatic carbocycles. The first-order valence-electron chi connectivity index (χ1n) is 23.6. The van der Waals surface area contributed by atoms with Crippen LogP contribution < -0.4 is 0 Å². The molecule has 0 amide bonds. The van der Waals surface area contributed by atoms with Crippen molar-refractivity contribution in [2.75, 3.05) is 13.2 Å². The maximum Gasteiger partial charge on any atom is 0.472 e. The van der Waals surface area contributed by atoms with Crippen molar-refractivity contribution in [2.45, 2.75) is 223 Å². The number of aliphatic hydroxyl groups is 5. The standard InChI is InChI=1S/C45H82O17P2/c1-3-5-7-9-11-13-15-17-19-21-23-25-27-30-36(46)31-29-33-38(47)58-34-37(60-39(48)32-28-26-24-22-20-18-16-14-12-10-8-6-4-2)35-59-64(56,57)62-45-42(51)40(49)41(50)44(43(45)52)61-63(53,54)55/h17,19,23,25,27,30,36-37,40-46,49-52H,3-16,18,20-22,24,26,28-29,31-35H2,1-2H3,(H,56,57)(H2,53,54,55)/b19-17+,25-23+,30-27+/t36?,37-,40?,41?,42?,43?,44-,45+/m1/s1.